The van der Waals surface area contributed by atoms with E-state index in [4.69, 9.17) is 11.2 Å². The fourth-order valence-corrected chi connectivity index (χ4v) is 1.91. The van der Waals surface area contributed by atoms with Gasteiger partial charge in [-0.3, -0.25) is 4.79 Å². The van der Waals surface area contributed by atoms with Gasteiger partial charge in [0.1, 0.15) is 0 Å². The van der Waals surface area contributed by atoms with Gasteiger partial charge in [0.05, 0.1) is 18.7 Å². The molecule has 0 unspecified atom stereocenters. The van der Waals surface area contributed by atoms with Crippen LogP contribution in [0.15, 0.2) is 36.4 Å². The van der Waals surface area contributed by atoms with Gasteiger partial charge < -0.3 is 10.1 Å². The van der Waals surface area contributed by atoms with Crippen LogP contribution < -0.4 is 10.1 Å². The highest BCUT2D eigenvalue weighted by atomic mass is 16.5. The van der Waals surface area contributed by atoms with Crippen molar-refractivity contribution in [2.75, 3.05) is 13.2 Å². The molecular weight excluding hydrogens is 276 g/mol. The van der Waals surface area contributed by atoms with Gasteiger partial charge in [-0.25, -0.2) is 4.98 Å². The van der Waals surface area contributed by atoms with Crippen LogP contribution in [0.3, 0.4) is 0 Å². The van der Waals surface area contributed by atoms with Crippen LogP contribution >= 0.6 is 0 Å². The van der Waals surface area contributed by atoms with E-state index >= 15 is 0 Å². The highest BCUT2D eigenvalue weighted by Crippen LogP contribution is 2.23. The van der Waals surface area contributed by atoms with Crippen LogP contribution in [0.4, 0.5) is 0 Å². The normalized spacial score (nSPS) is 10.5. The van der Waals surface area contributed by atoms with Crippen molar-refractivity contribution in [3.63, 3.8) is 0 Å². The maximum absolute atomic E-state index is 11.6. The van der Waals surface area contributed by atoms with Gasteiger partial charge >= 0.3 is 0 Å². The number of amides is 1. The summed E-state index contributed by atoms with van der Waals surface area (Å²) in [5.41, 5.74) is 1.63. The van der Waals surface area contributed by atoms with E-state index < -0.39 is 0 Å². The zero-order chi connectivity index (χ0) is 15.8. The molecular formula is C18H18N2O2. The zero-order valence-electron chi connectivity index (χ0n) is 12.5. The van der Waals surface area contributed by atoms with E-state index in [1.165, 1.54) is 6.08 Å². The third-order valence-electron chi connectivity index (χ3n) is 2.94. The number of pyridine rings is 1. The zero-order valence-corrected chi connectivity index (χ0v) is 12.5. The summed E-state index contributed by atoms with van der Waals surface area (Å²) < 4.78 is 5.68. The smallest absolute Gasteiger partial charge is 0.244 e. The molecule has 1 heterocycles. The van der Waals surface area contributed by atoms with Crippen molar-refractivity contribution in [3.8, 4) is 18.2 Å². The van der Waals surface area contributed by atoms with Gasteiger partial charge in [-0.15, -0.1) is 6.42 Å². The molecule has 0 aliphatic carbocycles. The molecule has 2 rings (SSSR count). The molecule has 0 spiro atoms. The Balaban J connectivity index is 2.30. The van der Waals surface area contributed by atoms with Crippen molar-refractivity contribution in [2.45, 2.75) is 13.3 Å². The molecule has 112 valence electrons. The molecule has 0 fully saturated rings. The summed E-state index contributed by atoms with van der Waals surface area (Å²) in [6, 6.07) is 9.74. The molecule has 1 amide bonds. The molecule has 22 heavy (non-hydrogen) atoms. The largest absolute Gasteiger partial charge is 0.477 e. The van der Waals surface area contributed by atoms with E-state index in [2.05, 4.69) is 16.2 Å². The molecule has 0 bridgehead atoms. The molecule has 4 heteroatoms. The number of carbonyl (C=O) groups excluding carboxylic acids is 1. The number of benzene rings is 1. The topological polar surface area (TPSA) is 51.2 Å². The SMILES string of the molecule is C#CCNC(=O)/C=C/c1cc2ccccc2nc1OCCC. The van der Waals surface area contributed by atoms with Crippen LogP contribution in [0.5, 0.6) is 5.88 Å². The second kappa shape index (κ2) is 7.84. The van der Waals surface area contributed by atoms with Gasteiger partial charge in [-0.2, -0.15) is 0 Å². The number of terminal acetylenes is 1. The van der Waals surface area contributed by atoms with Crippen LogP contribution in [0.25, 0.3) is 17.0 Å². The molecule has 1 aromatic heterocycles. The lowest BCUT2D eigenvalue weighted by atomic mass is 10.1. The number of hydrogen-bond acceptors (Lipinski definition) is 3. The van der Waals surface area contributed by atoms with E-state index in [9.17, 15) is 4.79 Å². The number of carbonyl (C=O) groups is 1. The highest BCUT2D eigenvalue weighted by Gasteiger charge is 2.06. The van der Waals surface area contributed by atoms with E-state index in [0.29, 0.717) is 12.5 Å². The van der Waals surface area contributed by atoms with Crippen LogP contribution in [-0.4, -0.2) is 24.0 Å². The average molecular weight is 294 g/mol. The number of para-hydroxylation sites is 1. The Kier molecular flexibility index (Phi) is 5.56. The first-order valence-electron chi connectivity index (χ1n) is 7.16. The number of rotatable bonds is 6. The van der Waals surface area contributed by atoms with Gasteiger partial charge in [0.25, 0.3) is 0 Å². The van der Waals surface area contributed by atoms with Crippen LogP contribution in [0.1, 0.15) is 18.9 Å². The van der Waals surface area contributed by atoms with E-state index in [0.717, 1.165) is 22.9 Å². The summed E-state index contributed by atoms with van der Waals surface area (Å²) in [6.07, 6.45) is 9.12. The van der Waals surface area contributed by atoms with Crippen molar-refractivity contribution >= 4 is 22.9 Å². The van der Waals surface area contributed by atoms with E-state index in [-0.39, 0.29) is 12.5 Å². The minimum Gasteiger partial charge on any atom is -0.477 e. The number of fused-ring (bicyclic) bond motifs is 1. The van der Waals surface area contributed by atoms with Gasteiger partial charge in [0.2, 0.25) is 11.8 Å². The minimum atomic E-state index is -0.243. The molecule has 2 aromatic rings. The van der Waals surface area contributed by atoms with Gasteiger partial charge in [0, 0.05) is 17.0 Å². The Morgan fingerprint density at radius 3 is 3.05 bits per heavy atom. The number of nitrogens with zero attached hydrogens (tertiary/aromatic N) is 1. The molecule has 0 atom stereocenters. The molecule has 0 saturated carbocycles. The number of ether oxygens (including phenoxy) is 1. The Bertz CT molecular complexity index is 729. The summed E-state index contributed by atoms with van der Waals surface area (Å²) in [5.74, 6) is 2.64. The Morgan fingerprint density at radius 1 is 1.45 bits per heavy atom. The van der Waals surface area contributed by atoms with Crippen molar-refractivity contribution in [2.24, 2.45) is 0 Å². The second-order valence-corrected chi connectivity index (χ2v) is 4.68. The summed E-state index contributed by atoms with van der Waals surface area (Å²) in [6.45, 7) is 2.82. The molecule has 1 aromatic carbocycles. The van der Waals surface area contributed by atoms with Crippen molar-refractivity contribution in [3.05, 3.63) is 42.0 Å². The monoisotopic (exact) mass is 294 g/mol. The fraction of sp³-hybridized carbons (Fsp3) is 0.222. The lowest BCUT2D eigenvalue weighted by Crippen LogP contribution is -2.20. The standard InChI is InChI=1S/C18H18N2O2/c1-3-11-19-17(21)10-9-15-13-14-7-5-6-8-16(14)20-18(15)22-12-4-2/h1,5-10,13H,4,11-12H2,2H3,(H,19,21)/b10-9+. The van der Waals surface area contributed by atoms with Crippen molar-refractivity contribution in [1.82, 2.24) is 10.3 Å². The summed E-state index contributed by atoms with van der Waals surface area (Å²) in [5, 5.41) is 3.57. The second-order valence-electron chi connectivity index (χ2n) is 4.68. The predicted octanol–water partition coefficient (Wildman–Crippen LogP) is 2.79. The van der Waals surface area contributed by atoms with E-state index in [1.807, 2.05) is 37.3 Å². The average Bonchev–Trinajstić information content (AvgIpc) is 2.55. The van der Waals surface area contributed by atoms with Crippen LogP contribution in [0, 0.1) is 12.3 Å². The van der Waals surface area contributed by atoms with E-state index in [1.54, 1.807) is 6.08 Å². The summed E-state index contributed by atoms with van der Waals surface area (Å²) >= 11 is 0. The van der Waals surface area contributed by atoms with Gasteiger partial charge in [0.15, 0.2) is 0 Å². The van der Waals surface area contributed by atoms with Crippen LogP contribution in [-0.2, 0) is 4.79 Å². The quantitative estimate of drug-likeness (QED) is 0.658. The van der Waals surface area contributed by atoms with Crippen LogP contribution in [0.2, 0.25) is 0 Å². The number of aromatic nitrogens is 1. The Morgan fingerprint density at radius 2 is 2.27 bits per heavy atom. The Hall–Kier alpha value is -2.80. The fourth-order valence-electron chi connectivity index (χ4n) is 1.91. The third-order valence-corrected chi connectivity index (χ3v) is 2.94. The predicted molar refractivity (Wildman–Crippen MR) is 88.4 cm³/mol. The first-order valence-corrected chi connectivity index (χ1v) is 7.16. The molecule has 0 aliphatic heterocycles. The number of hydrogen-bond donors (Lipinski definition) is 1. The maximum Gasteiger partial charge on any atom is 0.244 e. The first kappa shape index (κ1) is 15.6. The summed E-state index contributed by atoms with van der Waals surface area (Å²) in [4.78, 5) is 16.1. The van der Waals surface area contributed by atoms with Gasteiger partial charge in [-0.05, 0) is 24.6 Å². The highest BCUT2D eigenvalue weighted by molar-refractivity contribution is 5.93. The minimum absolute atomic E-state index is 0.207. The lowest BCUT2D eigenvalue weighted by molar-refractivity contribution is -0.116. The maximum atomic E-state index is 11.6. The van der Waals surface area contributed by atoms with Crippen molar-refractivity contribution < 1.29 is 9.53 Å². The molecule has 4 nitrogen and oxygen atoms in total. The molecule has 0 aliphatic rings. The lowest BCUT2D eigenvalue weighted by Gasteiger charge is -2.09. The first-order chi connectivity index (χ1) is 10.7. The number of nitrogens with one attached hydrogen (secondary N) is 1. The molecule has 1 N–H and O–H groups in total. The third kappa shape index (κ3) is 4.10. The Labute approximate surface area is 130 Å². The van der Waals surface area contributed by atoms with Gasteiger partial charge in [-0.1, -0.05) is 31.0 Å². The molecule has 0 radical (unpaired) electrons. The summed E-state index contributed by atoms with van der Waals surface area (Å²) in [7, 11) is 0. The van der Waals surface area contributed by atoms with Crippen molar-refractivity contribution in [1.29, 1.82) is 0 Å². The molecule has 0 saturated heterocycles.